The summed E-state index contributed by atoms with van der Waals surface area (Å²) in [6.45, 7) is 4.31. The molecule has 1 unspecified atom stereocenters. The topological polar surface area (TPSA) is 184 Å². The van der Waals surface area contributed by atoms with E-state index in [-0.39, 0.29) is 54.9 Å². The number of aromatic nitrogens is 3. The number of hydrogen-bond acceptors (Lipinski definition) is 10. The molecule has 3 aromatic carbocycles. The van der Waals surface area contributed by atoms with E-state index in [1.807, 2.05) is 35.2 Å². The highest BCUT2D eigenvalue weighted by atomic mass is 35.5. The monoisotopic (exact) mass is 859 g/mol. The van der Waals surface area contributed by atoms with Crippen molar-refractivity contribution in [2.24, 2.45) is 5.41 Å². The Kier molecular flexibility index (Phi) is 10.5. The zero-order valence-corrected chi connectivity index (χ0v) is 33.6. The lowest BCUT2D eigenvalue weighted by atomic mass is 9.85. The van der Waals surface area contributed by atoms with Crippen LogP contribution in [0, 0.1) is 22.6 Å². The van der Waals surface area contributed by atoms with Crippen LogP contribution < -0.4 is 15.5 Å². The van der Waals surface area contributed by atoms with Gasteiger partial charge < -0.3 is 10.2 Å². The second kappa shape index (κ2) is 15.4. The summed E-state index contributed by atoms with van der Waals surface area (Å²) in [5, 5.41) is 21.6. The number of aromatic amines is 1. The quantitative estimate of drug-likeness (QED) is 0.157. The molecule has 4 heterocycles. The third-order valence-electron chi connectivity index (χ3n) is 12.0. The van der Waals surface area contributed by atoms with Gasteiger partial charge in [0.05, 0.1) is 29.4 Å². The van der Waals surface area contributed by atoms with Gasteiger partial charge in [0.2, 0.25) is 17.7 Å². The number of rotatable bonds is 9. The Morgan fingerprint density at radius 3 is 2.26 bits per heavy atom. The number of nitrogens with one attached hydrogen (secondary N) is 3. The smallest absolute Gasteiger partial charge is 0.367 e. The number of amides is 5. The van der Waals surface area contributed by atoms with Crippen LogP contribution in [-0.2, 0) is 45.7 Å². The second-order valence-electron chi connectivity index (χ2n) is 16.3. The predicted octanol–water partition coefficient (Wildman–Crippen LogP) is 4.75. The normalized spacial score (nSPS) is 20.7. The second-order valence-corrected chi connectivity index (χ2v) is 16.7. The maximum atomic E-state index is 15.5. The van der Waals surface area contributed by atoms with Gasteiger partial charge in [-0.2, -0.15) is 23.5 Å². The predicted molar refractivity (Wildman–Crippen MR) is 210 cm³/mol. The lowest BCUT2D eigenvalue weighted by Crippen LogP contribution is -2.54. The van der Waals surface area contributed by atoms with Gasteiger partial charge in [-0.25, -0.2) is 9.37 Å². The summed E-state index contributed by atoms with van der Waals surface area (Å²) in [7, 11) is 0. The van der Waals surface area contributed by atoms with E-state index in [0.29, 0.717) is 43.3 Å². The van der Waals surface area contributed by atoms with Crippen LogP contribution >= 0.6 is 11.6 Å². The maximum absolute atomic E-state index is 15.5. The molecule has 14 nitrogen and oxygen atoms in total. The number of H-pyrrole nitrogens is 1. The minimum atomic E-state index is -4.59. The molecular weight excluding hydrogens is 822 g/mol. The molecule has 61 heavy (non-hydrogen) atoms. The molecule has 2 atom stereocenters. The number of halogens is 5. The van der Waals surface area contributed by atoms with E-state index in [4.69, 9.17) is 11.6 Å². The largest absolute Gasteiger partial charge is 0.401 e. The standard InChI is InChI=1S/C42H38ClF4N9O5/c1-40(2,42(45,46)47)38-50-33(52-53-38)19-49-39(61)41(21-48)17-24-13-26(29(43)14-25(24)18-41)23-5-3-22(4-6-23)20-54-9-11-55(12-10-54)32-16-28-27(15-30(32)44)36(59)56(37(28)60)31-7-8-34(57)51-35(31)58/h3-6,13-16,31H,7-12,17-20H2,1-2H3,(H,49,61)(H,50,52,53)(H,51,57,58)/t31?,41-/m1/s1. The Labute approximate surface area is 351 Å². The van der Waals surface area contributed by atoms with E-state index in [1.165, 1.54) is 6.07 Å². The summed E-state index contributed by atoms with van der Waals surface area (Å²) < 4.78 is 55.8. The van der Waals surface area contributed by atoms with Gasteiger partial charge >= 0.3 is 6.18 Å². The molecule has 0 saturated carbocycles. The summed E-state index contributed by atoms with van der Waals surface area (Å²) in [6, 6.07) is 14.8. The van der Waals surface area contributed by atoms with E-state index in [0.717, 1.165) is 47.1 Å². The molecular formula is C42H38ClF4N9O5. The number of benzene rings is 3. The van der Waals surface area contributed by atoms with Crippen molar-refractivity contribution < 1.29 is 41.5 Å². The van der Waals surface area contributed by atoms with Crippen LogP contribution in [0.2, 0.25) is 5.02 Å². The number of nitriles is 1. The fourth-order valence-electron chi connectivity index (χ4n) is 8.24. The third-order valence-corrected chi connectivity index (χ3v) is 12.3. The number of alkyl halides is 3. The molecule has 2 fully saturated rings. The first kappa shape index (κ1) is 41.5. The molecule has 3 aliphatic heterocycles. The van der Waals surface area contributed by atoms with Gasteiger partial charge in [-0.1, -0.05) is 35.9 Å². The Hall–Kier alpha value is -6.19. The van der Waals surface area contributed by atoms with Crippen molar-refractivity contribution >= 4 is 46.8 Å². The molecule has 8 rings (SSSR count). The van der Waals surface area contributed by atoms with Crippen molar-refractivity contribution in [1.29, 1.82) is 5.26 Å². The molecule has 2 saturated heterocycles. The van der Waals surface area contributed by atoms with E-state index in [2.05, 4.69) is 36.8 Å². The molecule has 4 aromatic rings. The van der Waals surface area contributed by atoms with Gasteiger partial charge in [0.25, 0.3) is 11.8 Å². The van der Waals surface area contributed by atoms with Crippen molar-refractivity contribution in [2.45, 2.75) is 70.3 Å². The van der Waals surface area contributed by atoms with Crippen LogP contribution in [0.3, 0.4) is 0 Å². The van der Waals surface area contributed by atoms with Gasteiger partial charge in [-0.3, -0.25) is 44.2 Å². The lowest BCUT2D eigenvalue weighted by Gasteiger charge is -2.36. The van der Waals surface area contributed by atoms with Crippen LogP contribution in [0.15, 0.2) is 48.5 Å². The average Bonchev–Trinajstić information content (AvgIpc) is 3.92. The van der Waals surface area contributed by atoms with E-state index in [9.17, 15) is 42.4 Å². The molecule has 0 radical (unpaired) electrons. The van der Waals surface area contributed by atoms with Crippen molar-refractivity contribution in [3.05, 3.63) is 98.8 Å². The summed E-state index contributed by atoms with van der Waals surface area (Å²) in [4.78, 5) is 72.6. The number of piperidine rings is 1. The third kappa shape index (κ3) is 7.50. The number of anilines is 1. The van der Waals surface area contributed by atoms with Crippen LogP contribution in [-0.4, -0.2) is 92.9 Å². The number of carbonyl (C=O) groups is 5. The summed E-state index contributed by atoms with van der Waals surface area (Å²) in [6.07, 6.45) is -4.40. The number of fused-ring (bicyclic) bond motifs is 2. The number of imide groups is 2. The van der Waals surface area contributed by atoms with Gasteiger partial charge in [0, 0.05) is 62.6 Å². The number of hydrogen-bond donors (Lipinski definition) is 3. The van der Waals surface area contributed by atoms with E-state index in [1.54, 1.807) is 6.07 Å². The highest BCUT2D eigenvalue weighted by molar-refractivity contribution is 6.33. The van der Waals surface area contributed by atoms with Crippen LogP contribution in [0.5, 0.6) is 0 Å². The van der Waals surface area contributed by atoms with Crippen LogP contribution in [0.4, 0.5) is 23.2 Å². The molecule has 5 amide bonds. The fraction of sp³-hybridized carbons (Fsp3) is 0.381. The molecule has 0 bridgehead atoms. The fourth-order valence-corrected chi connectivity index (χ4v) is 8.54. The zero-order valence-electron chi connectivity index (χ0n) is 32.9. The molecule has 4 aliphatic rings. The van der Waals surface area contributed by atoms with Crippen molar-refractivity contribution in [3.8, 4) is 17.2 Å². The number of piperazine rings is 1. The number of nitrogens with zero attached hydrogens (tertiary/aromatic N) is 6. The minimum Gasteiger partial charge on any atom is -0.367 e. The minimum absolute atomic E-state index is 0.00238. The molecule has 0 spiro atoms. The molecule has 1 aromatic heterocycles. The Morgan fingerprint density at radius 1 is 0.967 bits per heavy atom. The number of carbonyl (C=O) groups excluding carboxylic acids is 5. The van der Waals surface area contributed by atoms with Gasteiger partial charge in [-0.05, 0) is 66.8 Å². The lowest BCUT2D eigenvalue weighted by molar-refractivity contribution is -0.182. The molecule has 19 heteroatoms. The summed E-state index contributed by atoms with van der Waals surface area (Å²) in [5.74, 6) is -4.38. The van der Waals surface area contributed by atoms with Crippen molar-refractivity contribution in [3.63, 3.8) is 0 Å². The SMILES string of the molecule is CC(C)(c1n[nH]c(CNC(=O)[C@@]2(C#N)Cc3cc(Cl)c(-c4ccc(CN5CCN(c6cc7c(cc6F)C(=O)N(C6CCC(=O)NC6=O)C7=O)CC5)cc4)cc3C2)n1)C(F)(F)F. The summed E-state index contributed by atoms with van der Waals surface area (Å²) >= 11 is 6.75. The summed E-state index contributed by atoms with van der Waals surface area (Å²) in [5.41, 5.74) is 0.372. The molecule has 1 aliphatic carbocycles. The first-order chi connectivity index (χ1) is 28.9. The Bertz CT molecular complexity index is 2550. The highest BCUT2D eigenvalue weighted by Gasteiger charge is 2.52. The Morgan fingerprint density at radius 2 is 1.62 bits per heavy atom. The molecule has 3 N–H and O–H groups in total. The highest BCUT2D eigenvalue weighted by Crippen LogP contribution is 2.42. The average molecular weight is 860 g/mol. The Balaban J connectivity index is 0.875. The maximum Gasteiger partial charge on any atom is 0.401 e. The van der Waals surface area contributed by atoms with Crippen LogP contribution in [0.25, 0.3) is 11.1 Å². The van der Waals surface area contributed by atoms with Gasteiger partial charge in [0.15, 0.2) is 5.82 Å². The van der Waals surface area contributed by atoms with Crippen molar-refractivity contribution in [1.82, 2.24) is 35.6 Å². The van der Waals surface area contributed by atoms with Gasteiger partial charge in [-0.15, -0.1) is 0 Å². The van der Waals surface area contributed by atoms with E-state index >= 15 is 4.39 Å². The zero-order chi connectivity index (χ0) is 43.6. The van der Waals surface area contributed by atoms with Gasteiger partial charge in [0.1, 0.15) is 28.5 Å². The first-order valence-electron chi connectivity index (χ1n) is 19.5. The first-order valence-corrected chi connectivity index (χ1v) is 19.9. The van der Waals surface area contributed by atoms with E-state index < -0.39 is 64.2 Å². The molecule has 316 valence electrons. The van der Waals surface area contributed by atoms with Crippen LogP contribution in [0.1, 0.15) is 75.7 Å². The van der Waals surface area contributed by atoms with Crippen molar-refractivity contribution in [2.75, 3.05) is 31.1 Å².